The molecule has 1 rings (SSSR count). The standard InChI is InChI=1S/C11H20N4O2/c1-6(2)11-14-9(4-10(17)15-11)13-5-8(12)7(3)16/h4,6-8,16H,5,12H2,1-3H3,(H2,13,14,15,17). The fraction of sp³-hybridized carbons (Fsp3) is 0.636. The van der Waals surface area contributed by atoms with Gasteiger partial charge in [0.1, 0.15) is 11.6 Å². The summed E-state index contributed by atoms with van der Waals surface area (Å²) in [6.07, 6.45) is -0.603. The molecule has 2 unspecified atom stereocenters. The van der Waals surface area contributed by atoms with Gasteiger partial charge >= 0.3 is 0 Å². The van der Waals surface area contributed by atoms with Crippen molar-refractivity contribution in [2.75, 3.05) is 11.9 Å². The van der Waals surface area contributed by atoms with E-state index in [1.54, 1.807) is 6.92 Å². The second-order valence-electron chi connectivity index (χ2n) is 4.46. The molecule has 0 fully saturated rings. The Labute approximate surface area is 100 Å². The highest BCUT2D eigenvalue weighted by molar-refractivity contribution is 5.33. The van der Waals surface area contributed by atoms with E-state index < -0.39 is 12.1 Å². The van der Waals surface area contributed by atoms with Crippen LogP contribution in [0.1, 0.15) is 32.5 Å². The average Bonchev–Trinajstić information content (AvgIpc) is 2.24. The Hall–Kier alpha value is -1.40. The van der Waals surface area contributed by atoms with Crippen LogP contribution in [0.3, 0.4) is 0 Å². The number of nitrogens with zero attached hydrogens (tertiary/aromatic N) is 1. The van der Waals surface area contributed by atoms with E-state index in [1.807, 2.05) is 13.8 Å². The third-order valence-corrected chi connectivity index (χ3v) is 2.45. The number of nitrogens with one attached hydrogen (secondary N) is 2. The molecule has 0 aromatic carbocycles. The van der Waals surface area contributed by atoms with Crippen LogP contribution in [-0.2, 0) is 0 Å². The molecule has 1 aromatic rings. The first-order valence-corrected chi connectivity index (χ1v) is 5.69. The first kappa shape index (κ1) is 13.7. The lowest BCUT2D eigenvalue weighted by Gasteiger charge is -2.16. The Morgan fingerprint density at radius 1 is 1.53 bits per heavy atom. The molecule has 6 nitrogen and oxygen atoms in total. The van der Waals surface area contributed by atoms with Crippen molar-refractivity contribution in [3.05, 3.63) is 22.2 Å². The summed E-state index contributed by atoms with van der Waals surface area (Å²) in [4.78, 5) is 18.3. The van der Waals surface area contributed by atoms with Gasteiger partial charge in [-0.3, -0.25) is 4.79 Å². The van der Waals surface area contributed by atoms with Crippen molar-refractivity contribution < 1.29 is 5.11 Å². The van der Waals surface area contributed by atoms with Crippen molar-refractivity contribution in [3.8, 4) is 0 Å². The molecular weight excluding hydrogens is 220 g/mol. The average molecular weight is 240 g/mol. The number of anilines is 1. The second-order valence-corrected chi connectivity index (χ2v) is 4.46. The van der Waals surface area contributed by atoms with Crippen LogP contribution >= 0.6 is 0 Å². The number of hydrogen-bond acceptors (Lipinski definition) is 5. The quantitative estimate of drug-likeness (QED) is 0.580. The number of hydrogen-bond donors (Lipinski definition) is 4. The molecule has 0 aliphatic rings. The van der Waals surface area contributed by atoms with Crippen LogP contribution < -0.4 is 16.6 Å². The van der Waals surface area contributed by atoms with Crippen molar-refractivity contribution in [3.63, 3.8) is 0 Å². The van der Waals surface area contributed by atoms with Gasteiger partial charge in [0.25, 0.3) is 5.56 Å². The van der Waals surface area contributed by atoms with Gasteiger partial charge in [-0.05, 0) is 6.92 Å². The molecule has 1 heterocycles. The molecule has 5 N–H and O–H groups in total. The van der Waals surface area contributed by atoms with Crippen LogP contribution in [0.5, 0.6) is 0 Å². The van der Waals surface area contributed by atoms with Crippen molar-refractivity contribution in [1.29, 1.82) is 0 Å². The number of aliphatic hydroxyl groups is 1. The highest BCUT2D eigenvalue weighted by atomic mass is 16.3. The fourth-order valence-electron chi connectivity index (χ4n) is 1.23. The molecule has 6 heteroatoms. The molecule has 0 spiro atoms. The molecular formula is C11H20N4O2. The van der Waals surface area contributed by atoms with Crippen LogP contribution in [-0.4, -0.2) is 33.8 Å². The molecule has 0 aliphatic heterocycles. The smallest absolute Gasteiger partial charge is 0.252 e. The maximum atomic E-state index is 11.4. The lowest BCUT2D eigenvalue weighted by Crippen LogP contribution is -2.39. The summed E-state index contributed by atoms with van der Waals surface area (Å²) in [7, 11) is 0. The van der Waals surface area contributed by atoms with Gasteiger partial charge in [-0.15, -0.1) is 0 Å². The van der Waals surface area contributed by atoms with E-state index in [-0.39, 0.29) is 11.5 Å². The van der Waals surface area contributed by atoms with E-state index in [1.165, 1.54) is 6.07 Å². The lowest BCUT2D eigenvalue weighted by atomic mass is 10.2. The summed E-state index contributed by atoms with van der Waals surface area (Å²) in [5, 5.41) is 12.2. The molecule has 2 atom stereocenters. The van der Waals surface area contributed by atoms with Gasteiger partial charge in [0.15, 0.2) is 0 Å². The van der Waals surface area contributed by atoms with Crippen LogP contribution in [0.4, 0.5) is 5.82 Å². The maximum Gasteiger partial charge on any atom is 0.252 e. The van der Waals surface area contributed by atoms with Crippen LogP contribution in [0.2, 0.25) is 0 Å². The minimum Gasteiger partial charge on any atom is -0.392 e. The van der Waals surface area contributed by atoms with Crippen LogP contribution in [0, 0.1) is 0 Å². The summed E-state index contributed by atoms with van der Waals surface area (Å²) < 4.78 is 0. The molecule has 0 amide bonds. The Morgan fingerprint density at radius 2 is 2.18 bits per heavy atom. The Morgan fingerprint density at radius 3 is 2.71 bits per heavy atom. The van der Waals surface area contributed by atoms with E-state index in [9.17, 15) is 9.90 Å². The Bertz CT molecular complexity index is 414. The first-order chi connectivity index (χ1) is 7.90. The summed E-state index contributed by atoms with van der Waals surface area (Å²) in [5.41, 5.74) is 5.48. The third-order valence-electron chi connectivity index (χ3n) is 2.45. The van der Waals surface area contributed by atoms with Crippen LogP contribution in [0.25, 0.3) is 0 Å². The summed E-state index contributed by atoms with van der Waals surface area (Å²) in [5.74, 6) is 1.26. The summed E-state index contributed by atoms with van der Waals surface area (Å²) >= 11 is 0. The highest BCUT2D eigenvalue weighted by Gasteiger charge is 2.10. The molecule has 0 saturated heterocycles. The lowest BCUT2D eigenvalue weighted by molar-refractivity contribution is 0.168. The van der Waals surface area contributed by atoms with E-state index in [0.29, 0.717) is 18.2 Å². The van der Waals surface area contributed by atoms with E-state index in [2.05, 4.69) is 15.3 Å². The minimum atomic E-state index is -0.603. The molecule has 96 valence electrons. The molecule has 17 heavy (non-hydrogen) atoms. The number of nitrogens with two attached hydrogens (primary N) is 1. The van der Waals surface area contributed by atoms with E-state index in [0.717, 1.165) is 0 Å². The van der Waals surface area contributed by atoms with Crippen molar-refractivity contribution in [1.82, 2.24) is 9.97 Å². The topological polar surface area (TPSA) is 104 Å². The molecule has 0 aliphatic carbocycles. The van der Waals surface area contributed by atoms with E-state index in [4.69, 9.17) is 5.73 Å². The highest BCUT2D eigenvalue weighted by Crippen LogP contribution is 2.08. The normalized spacial score (nSPS) is 14.7. The SMILES string of the molecule is CC(C)c1nc(NCC(N)C(C)O)cc(=O)[nH]1. The van der Waals surface area contributed by atoms with Gasteiger partial charge in [-0.1, -0.05) is 13.8 Å². The molecule has 1 aromatic heterocycles. The van der Waals surface area contributed by atoms with Gasteiger partial charge in [0.2, 0.25) is 0 Å². The Balaban J connectivity index is 2.75. The van der Waals surface area contributed by atoms with E-state index >= 15 is 0 Å². The van der Waals surface area contributed by atoms with Crippen molar-refractivity contribution >= 4 is 5.82 Å². The monoisotopic (exact) mass is 240 g/mol. The summed E-state index contributed by atoms with van der Waals surface area (Å²) in [6.45, 7) is 5.88. The van der Waals surface area contributed by atoms with Gasteiger partial charge < -0.3 is 21.1 Å². The van der Waals surface area contributed by atoms with Crippen molar-refractivity contribution in [2.24, 2.45) is 5.73 Å². The maximum absolute atomic E-state index is 11.4. The minimum absolute atomic E-state index is 0.148. The number of aromatic amines is 1. The molecule has 0 bridgehead atoms. The van der Waals surface area contributed by atoms with Gasteiger partial charge in [-0.2, -0.15) is 0 Å². The number of aromatic nitrogens is 2. The predicted octanol–water partition coefficient (Wildman–Crippen LogP) is 0.0133. The zero-order valence-corrected chi connectivity index (χ0v) is 10.4. The van der Waals surface area contributed by atoms with Crippen LogP contribution in [0.15, 0.2) is 10.9 Å². The zero-order valence-electron chi connectivity index (χ0n) is 10.4. The predicted molar refractivity (Wildman–Crippen MR) is 67.1 cm³/mol. The molecule has 0 saturated carbocycles. The summed E-state index contributed by atoms with van der Waals surface area (Å²) in [6, 6.07) is 0.985. The fourth-order valence-corrected chi connectivity index (χ4v) is 1.23. The Kier molecular flexibility index (Phi) is 4.65. The molecule has 0 radical (unpaired) electrons. The van der Waals surface area contributed by atoms with Gasteiger partial charge in [0, 0.05) is 24.6 Å². The van der Waals surface area contributed by atoms with Crippen molar-refractivity contribution in [2.45, 2.75) is 38.8 Å². The van der Waals surface area contributed by atoms with Gasteiger partial charge in [0.05, 0.1) is 6.10 Å². The number of H-pyrrole nitrogens is 1. The second kappa shape index (κ2) is 5.79. The zero-order chi connectivity index (χ0) is 13.0. The number of rotatable bonds is 5. The largest absolute Gasteiger partial charge is 0.392 e. The number of aliphatic hydroxyl groups excluding tert-OH is 1. The first-order valence-electron chi connectivity index (χ1n) is 5.69. The third kappa shape index (κ3) is 4.16. The van der Waals surface area contributed by atoms with Gasteiger partial charge in [-0.25, -0.2) is 4.98 Å².